The number of nitrogens with zero attached hydrogens (tertiary/aromatic N) is 1. The molecule has 3 aromatic rings. The van der Waals surface area contributed by atoms with Crippen molar-refractivity contribution >= 4 is 17.8 Å². The van der Waals surface area contributed by atoms with E-state index in [0.29, 0.717) is 22.3 Å². The van der Waals surface area contributed by atoms with Gasteiger partial charge in [0.05, 0.1) is 30.5 Å². The first-order valence-electron chi connectivity index (χ1n) is 9.50. The summed E-state index contributed by atoms with van der Waals surface area (Å²) < 4.78 is 12.6. The predicted molar refractivity (Wildman–Crippen MR) is 109 cm³/mol. The van der Waals surface area contributed by atoms with E-state index >= 15 is 0 Å². The van der Waals surface area contributed by atoms with E-state index in [1.165, 1.54) is 0 Å². The summed E-state index contributed by atoms with van der Waals surface area (Å²) in [5.74, 6) is 0.639. The smallest absolute Gasteiger partial charge is 0.340 e. The van der Waals surface area contributed by atoms with E-state index in [1.54, 1.807) is 24.6 Å². The summed E-state index contributed by atoms with van der Waals surface area (Å²) in [6.45, 7) is 6.28. The number of hydrogen-bond acceptors (Lipinski definition) is 4. The molecule has 0 saturated heterocycles. The summed E-state index contributed by atoms with van der Waals surface area (Å²) in [7, 11) is 1.65. The first-order valence-corrected chi connectivity index (χ1v) is 9.50. The SMILES string of the molecule is CCOC(=O)c1c(-c2ccc(OC)c(C(C)CC)c2)c(C=O)n2ccccc12. The van der Waals surface area contributed by atoms with Gasteiger partial charge in [0.2, 0.25) is 0 Å². The van der Waals surface area contributed by atoms with Gasteiger partial charge in [-0.15, -0.1) is 0 Å². The molecule has 5 heteroatoms. The highest BCUT2D eigenvalue weighted by Gasteiger charge is 2.26. The molecule has 3 rings (SSSR count). The monoisotopic (exact) mass is 379 g/mol. The minimum Gasteiger partial charge on any atom is -0.496 e. The minimum absolute atomic E-state index is 0.263. The molecule has 5 nitrogen and oxygen atoms in total. The fraction of sp³-hybridized carbons (Fsp3) is 0.304. The molecule has 0 radical (unpaired) electrons. The van der Waals surface area contributed by atoms with Gasteiger partial charge in [-0.1, -0.05) is 26.0 Å². The third-order valence-corrected chi connectivity index (χ3v) is 5.13. The van der Waals surface area contributed by atoms with Gasteiger partial charge < -0.3 is 13.9 Å². The van der Waals surface area contributed by atoms with Gasteiger partial charge in [-0.25, -0.2) is 4.79 Å². The van der Waals surface area contributed by atoms with Crippen molar-refractivity contribution in [3.05, 3.63) is 59.4 Å². The third-order valence-electron chi connectivity index (χ3n) is 5.13. The number of carbonyl (C=O) groups is 2. The molecule has 2 heterocycles. The maximum atomic E-state index is 12.8. The first-order chi connectivity index (χ1) is 13.6. The predicted octanol–water partition coefficient (Wildman–Crippen LogP) is 5.12. The number of ether oxygens (including phenoxy) is 2. The molecular formula is C23H25NO4. The van der Waals surface area contributed by atoms with E-state index < -0.39 is 5.97 Å². The number of hydrogen-bond donors (Lipinski definition) is 0. The molecule has 28 heavy (non-hydrogen) atoms. The van der Waals surface area contributed by atoms with Crippen molar-refractivity contribution in [2.45, 2.75) is 33.1 Å². The number of benzene rings is 1. The maximum Gasteiger partial charge on any atom is 0.340 e. The number of rotatable bonds is 7. The van der Waals surface area contributed by atoms with Crippen LogP contribution in [-0.2, 0) is 4.74 Å². The highest BCUT2D eigenvalue weighted by atomic mass is 16.5. The molecule has 0 saturated carbocycles. The third kappa shape index (κ3) is 3.28. The van der Waals surface area contributed by atoms with E-state index in [1.807, 2.05) is 36.4 Å². The van der Waals surface area contributed by atoms with Crippen LogP contribution < -0.4 is 4.74 Å². The Morgan fingerprint density at radius 3 is 2.64 bits per heavy atom. The number of aromatic nitrogens is 1. The fourth-order valence-electron chi connectivity index (χ4n) is 3.55. The lowest BCUT2D eigenvalue weighted by atomic mass is 9.92. The molecule has 0 amide bonds. The Labute approximate surface area is 164 Å². The van der Waals surface area contributed by atoms with Crippen LogP contribution in [0.2, 0.25) is 0 Å². The number of carbonyl (C=O) groups excluding carboxylic acids is 2. The second-order valence-corrected chi connectivity index (χ2v) is 6.70. The molecule has 0 aliphatic carbocycles. The Morgan fingerprint density at radius 1 is 1.21 bits per heavy atom. The standard InChI is InChI=1S/C23H25NO4/c1-5-15(3)17-13-16(10-11-20(17)27-4)21-19(14-25)24-12-8-7-9-18(24)22(21)23(26)28-6-2/h7-15H,5-6H2,1-4H3. The van der Waals surface area contributed by atoms with E-state index in [-0.39, 0.29) is 12.5 Å². The lowest BCUT2D eigenvalue weighted by Gasteiger charge is -2.16. The highest BCUT2D eigenvalue weighted by molar-refractivity contribution is 6.09. The topological polar surface area (TPSA) is 57.0 Å². The quantitative estimate of drug-likeness (QED) is 0.422. The minimum atomic E-state index is -0.435. The van der Waals surface area contributed by atoms with Crippen LogP contribution >= 0.6 is 0 Å². The number of pyridine rings is 1. The van der Waals surface area contributed by atoms with E-state index in [0.717, 1.165) is 29.6 Å². The van der Waals surface area contributed by atoms with Gasteiger partial charge in [-0.2, -0.15) is 0 Å². The largest absolute Gasteiger partial charge is 0.496 e. The number of methoxy groups -OCH3 is 1. The molecule has 1 unspecified atom stereocenters. The van der Waals surface area contributed by atoms with Crippen LogP contribution in [0.25, 0.3) is 16.6 Å². The Kier molecular flexibility index (Phi) is 5.83. The molecule has 0 aliphatic rings. The van der Waals surface area contributed by atoms with Crippen LogP contribution in [-0.4, -0.2) is 30.4 Å². The van der Waals surface area contributed by atoms with Crippen LogP contribution in [0, 0.1) is 0 Å². The van der Waals surface area contributed by atoms with Gasteiger partial charge in [0, 0.05) is 11.8 Å². The van der Waals surface area contributed by atoms with Crippen LogP contribution in [0.1, 0.15) is 59.5 Å². The lowest BCUT2D eigenvalue weighted by molar-refractivity contribution is 0.0529. The molecule has 0 fully saturated rings. The lowest BCUT2D eigenvalue weighted by Crippen LogP contribution is -2.06. The average molecular weight is 379 g/mol. The van der Waals surface area contributed by atoms with Crippen LogP contribution in [0.3, 0.4) is 0 Å². The molecule has 0 spiro atoms. The van der Waals surface area contributed by atoms with Gasteiger partial charge in [-0.05, 0) is 54.7 Å². The van der Waals surface area contributed by atoms with Crippen LogP contribution in [0.5, 0.6) is 5.75 Å². The fourth-order valence-corrected chi connectivity index (χ4v) is 3.55. The molecule has 146 valence electrons. The normalized spacial score (nSPS) is 12.0. The molecule has 2 aromatic heterocycles. The summed E-state index contributed by atoms with van der Waals surface area (Å²) in [5.41, 5.74) is 3.92. The highest BCUT2D eigenvalue weighted by Crippen LogP contribution is 2.38. The average Bonchev–Trinajstić information content (AvgIpc) is 3.07. The van der Waals surface area contributed by atoms with Gasteiger partial charge in [0.15, 0.2) is 6.29 Å². The number of aldehydes is 1. The van der Waals surface area contributed by atoms with Crippen molar-refractivity contribution in [3.63, 3.8) is 0 Å². The van der Waals surface area contributed by atoms with E-state index in [4.69, 9.17) is 9.47 Å². The van der Waals surface area contributed by atoms with Crippen molar-refractivity contribution in [3.8, 4) is 16.9 Å². The van der Waals surface area contributed by atoms with Crippen molar-refractivity contribution in [1.82, 2.24) is 4.40 Å². The summed E-state index contributed by atoms with van der Waals surface area (Å²) in [5, 5.41) is 0. The first kappa shape index (κ1) is 19.7. The number of esters is 1. The summed E-state index contributed by atoms with van der Waals surface area (Å²) in [4.78, 5) is 24.8. The van der Waals surface area contributed by atoms with Crippen molar-refractivity contribution < 1.29 is 19.1 Å². The summed E-state index contributed by atoms with van der Waals surface area (Å²) in [6, 6.07) is 11.3. The van der Waals surface area contributed by atoms with Crippen LogP contribution in [0.15, 0.2) is 42.6 Å². The summed E-state index contributed by atoms with van der Waals surface area (Å²) >= 11 is 0. The second kappa shape index (κ2) is 8.30. The van der Waals surface area contributed by atoms with Gasteiger partial charge >= 0.3 is 5.97 Å². The van der Waals surface area contributed by atoms with E-state index in [9.17, 15) is 9.59 Å². The Hall–Kier alpha value is -3.08. The zero-order valence-electron chi connectivity index (χ0n) is 16.7. The van der Waals surface area contributed by atoms with Crippen molar-refractivity contribution in [2.75, 3.05) is 13.7 Å². The molecule has 1 aromatic carbocycles. The summed E-state index contributed by atoms with van der Waals surface area (Å²) in [6.07, 6.45) is 3.52. The van der Waals surface area contributed by atoms with Crippen molar-refractivity contribution in [2.24, 2.45) is 0 Å². The Morgan fingerprint density at radius 2 is 2.00 bits per heavy atom. The maximum absolute atomic E-state index is 12.8. The molecule has 0 N–H and O–H groups in total. The molecule has 0 aliphatic heterocycles. The molecule has 1 atom stereocenters. The molecular weight excluding hydrogens is 354 g/mol. The number of fused-ring (bicyclic) bond motifs is 1. The zero-order valence-corrected chi connectivity index (χ0v) is 16.7. The van der Waals surface area contributed by atoms with Gasteiger partial charge in [-0.3, -0.25) is 4.79 Å². The van der Waals surface area contributed by atoms with Crippen LogP contribution in [0.4, 0.5) is 0 Å². The molecule has 0 bridgehead atoms. The Bertz CT molecular complexity index is 1020. The second-order valence-electron chi connectivity index (χ2n) is 6.70. The van der Waals surface area contributed by atoms with Crippen molar-refractivity contribution in [1.29, 1.82) is 0 Å². The van der Waals surface area contributed by atoms with E-state index in [2.05, 4.69) is 13.8 Å². The Balaban J connectivity index is 2.35. The van der Waals surface area contributed by atoms with Gasteiger partial charge in [0.25, 0.3) is 0 Å². The van der Waals surface area contributed by atoms with Gasteiger partial charge in [0.1, 0.15) is 5.75 Å². The zero-order chi connectivity index (χ0) is 20.3.